The van der Waals surface area contributed by atoms with Gasteiger partial charge in [0.1, 0.15) is 0 Å². The number of hydrogen-bond donors (Lipinski definition) is 1. The van der Waals surface area contributed by atoms with Gasteiger partial charge in [-0.3, -0.25) is 4.79 Å². The fraction of sp³-hybridized carbons (Fsp3) is 0.500. The summed E-state index contributed by atoms with van der Waals surface area (Å²) >= 11 is 3.53. The first-order valence-corrected chi connectivity index (χ1v) is 7.22. The minimum absolute atomic E-state index is 0.0794. The first kappa shape index (κ1) is 13.6. The SMILES string of the molecule is CC[C@H](N)C(=O)N(Cc1ccccc1Br)C1CC1. The topological polar surface area (TPSA) is 46.3 Å². The minimum atomic E-state index is -0.368. The summed E-state index contributed by atoms with van der Waals surface area (Å²) in [5, 5.41) is 0. The Bertz CT molecular complexity index is 432. The zero-order valence-electron chi connectivity index (χ0n) is 10.6. The molecule has 1 aromatic carbocycles. The zero-order chi connectivity index (χ0) is 13.1. The lowest BCUT2D eigenvalue weighted by atomic mass is 10.1. The van der Waals surface area contributed by atoms with Crippen LogP contribution in [0.4, 0.5) is 0 Å². The molecule has 0 aromatic heterocycles. The van der Waals surface area contributed by atoms with Crippen molar-refractivity contribution >= 4 is 21.8 Å². The monoisotopic (exact) mass is 310 g/mol. The van der Waals surface area contributed by atoms with E-state index in [1.54, 1.807) is 0 Å². The molecule has 18 heavy (non-hydrogen) atoms. The van der Waals surface area contributed by atoms with Gasteiger partial charge in [-0.25, -0.2) is 0 Å². The quantitative estimate of drug-likeness (QED) is 0.909. The molecule has 0 aliphatic heterocycles. The van der Waals surface area contributed by atoms with Crippen molar-refractivity contribution in [2.75, 3.05) is 0 Å². The van der Waals surface area contributed by atoms with Crippen LogP contribution in [0.1, 0.15) is 31.7 Å². The summed E-state index contributed by atoms with van der Waals surface area (Å²) in [6, 6.07) is 8.05. The molecule has 1 aliphatic carbocycles. The fourth-order valence-corrected chi connectivity index (χ4v) is 2.38. The van der Waals surface area contributed by atoms with Gasteiger partial charge in [0.05, 0.1) is 6.04 Å². The molecule has 1 fully saturated rings. The molecule has 4 heteroatoms. The highest BCUT2D eigenvalue weighted by atomic mass is 79.9. The molecular weight excluding hydrogens is 292 g/mol. The largest absolute Gasteiger partial charge is 0.334 e. The van der Waals surface area contributed by atoms with Gasteiger partial charge in [0.25, 0.3) is 0 Å². The van der Waals surface area contributed by atoms with Gasteiger partial charge in [-0.1, -0.05) is 41.1 Å². The summed E-state index contributed by atoms with van der Waals surface area (Å²) < 4.78 is 1.05. The van der Waals surface area contributed by atoms with Gasteiger partial charge in [0, 0.05) is 17.1 Å². The molecule has 0 unspecified atom stereocenters. The number of carbonyl (C=O) groups is 1. The van der Waals surface area contributed by atoms with Gasteiger partial charge in [0.2, 0.25) is 5.91 Å². The number of carbonyl (C=O) groups excluding carboxylic acids is 1. The molecule has 0 bridgehead atoms. The van der Waals surface area contributed by atoms with Crippen LogP contribution in [0.3, 0.4) is 0 Å². The minimum Gasteiger partial charge on any atom is -0.334 e. The lowest BCUT2D eigenvalue weighted by Gasteiger charge is -2.25. The Morgan fingerprint density at radius 1 is 1.50 bits per heavy atom. The maximum absolute atomic E-state index is 12.3. The number of halogens is 1. The van der Waals surface area contributed by atoms with Crippen LogP contribution >= 0.6 is 15.9 Å². The predicted octanol–water partition coefficient (Wildman–Crippen LogP) is 2.68. The molecule has 2 rings (SSSR count). The van der Waals surface area contributed by atoms with Crippen LogP contribution < -0.4 is 5.73 Å². The summed E-state index contributed by atoms with van der Waals surface area (Å²) in [4.78, 5) is 14.2. The number of hydrogen-bond acceptors (Lipinski definition) is 2. The number of nitrogens with zero attached hydrogens (tertiary/aromatic N) is 1. The predicted molar refractivity (Wildman–Crippen MR) is 76.0 cm³/mol. The molecule has 3 nitrogen and oxygen atoms in total. The van der Waals surface area contributed by atoms with Gasteiger partial charge >= 0.3 is 0 Å². The average molecular weight is 311 g/mol. The van der Waals surface area contributed by atoms with Crippen molar-refractivity contribution in [3.8, 4) is 0 Å². The molecular formula is C14H19BrN2O. The fourth-order valence-electron chi connectivity index (χ4n) is 1.97. The van der Waals surface area contributed by atoms with E-state index in [1.807, 2.05) is 36.1 Å². The van der Waals surface area contributed by atoms with Crippen molar-refractivity contribution in [3.05, 3.63) is 34.3 Å². The third-order valence-electron chi connectivity index (χ3n) is 3.33. The Kier molecular flexibility index (Phi) is 4.40. The number of rotatable bonds is 5. The Morgan fingerprint density at radius 2 is 2.17 bits per heavy atom. The highest BCUT2D eigenvalue weighted by Gasteiger charge is 2.34. The second-order valence-corrected chi connectivity index (χ2v) is 5.66. The molecule has 1 aliphatic rings. The average Bonchev–Trinajstić information content (AvgIpc) is 3.20. The van der Waals surface area contributed by atoms with Crippen LogP contribution in [0.15, 0.2) is 28.7 Å². The molecule has 1 amide bonds. The molecule has 1 saturated carbocycles. The van der Waals surface area contributed by atoms with Crippen LogP contribution in [-0.4, -0.2) is 22.9 Å². The summed E-state index contributed by atoms with van der Waals surface area (Å²) in [6.45, 7) is 2.60. The van der Waals surface area contributed by atoms with E-state index in [0.717, 1.165) is 22.9 Å². The van der Waals surface area contributed by atoms with Crippen LogP contribution in [0.25, 0.3) is 0 Å². The maximum Gasteiger partial charge on any atom is 0.240 e. The first-order chi connectivity index (χ1) is 8.63. The maximum atomic E-state index is 12.3. The summed E-state index contributed by atoms with van der Waals surface area (Å²) in [5.74, 6) is 0.0794. The van der Waals surface area contributed by atoms with E-state index in [0.29, 0.717) is 19.0 Å². The van der Waals surface area contributed by atoms with Crippen LogP contribution in [-0.2, 0) is 11.3 Å². The molecule has 2 N–H and O–H groups in total. The zero-order valence-corrected chi connectivity index (χ0v) is 12.2. The van der Waals surface area contributed by atoms with Crippen molar-refractivity contribution in [3.63, 3.8) is 0 Å². The van der Waals surface area contributed by atoms with Gasteiger partial charge in [-0.15, -0.1) is 0 Å². The highest BCUT2D eigenvalue weighted by molar-refractivity contribution is 9.10. The van der Waals surface area contributed by atoms with Crippen molar-refractivity contribution in [1.29, 1.82) is 0 Å². The smallest absolute Gasteiger partial charge is 0.240 e. The van der Waals surface area contributed by atoms with Crippen molar-refractivity contribution < 1.29 is 4.79 Å². The second kappa shape index (κ2) is 5.85. The van der Waals surface area contributed by atoms with Crippen molar-refractivity contribution in [2.45, 2.75) is 44.8 Å². The Morgan fingerprint density at radius 3 is 2.72 bits per heavy atom. The Balaban J connectivity index is 2.12. The summed E-state index contributed by atoms with van der Waals surface area (Å²) in [7, 11) is 0. The first-order valence-electron chi connectivity index (χ1n) is 6.43. The third kappa shape index (κ3) is 3.12. The van der Waals surface area contributed by atoms with Crippen LogP contribution in [0, 0.1) is 0 Å². The molecule has 0 heterocycles. The van der Waals surface area contributed by atoms with Gasteiger partial charge < -0.3 is 10.6 Å². The van der Waals surface area contributed by atoms with Crippen LogP contribution in [0.2, 0.25) is 0 Å². The van der Waals surface area contributed by atoms with E-state index >= 15 is 0 Å². The molecule has 1 aromatic rings. The lowest BCUT2D eigenvalue weighted by Crippen LogP contribution is -2.44. The van der Waals surface area contributed by atoms with Gasteiger partial charge in [-0.05, 0) is 30.9 Å². The van der Waals surface area contributed by atoms with Crippen molar-refractivity contribution in [2.24, 2.45) is 5.73 Å². The van der Waals surface area contributed by atoms with E-state index in [4.69, 9.17) is 5.73 Å². The molecule has 0 saturated heterocycles. The molecule has 0 radical (unpaired) electrons. The third-order valence-corrected chi connectivity index (χ3v) is 4.10. The number of benzene rings is 1. The van der Waals surface area contributed by atoms with E-state index < -0.39 is 0 Å². The standard InChI is InChI=1S/C14H19BrN2O/c1-2-13(16)14(18)17(11-7-8-11)9-10-5-3-4-6-12(10)15/h3-6,11,13H,2,7-9,16H2,1H3/t13-/m0/s1. The molecule has 0 spiro atoms. The van der Waals surface area contributed by atoms with E-state index in [9.17, 15) is 4.79 Å². The normalized spacial score (nSPS) is 16.4. The molecule has 1 atom stereocenters. The Hall–Kier alpha value is -0.870. The summed E-state index contributed by atoms with van der Waals surface area (Å²) in [5.41, 5.74) is 7.01. The molecule has 98 valence electrons. The van der Waals surface area contributed by atoms with Gasteiger partial charge in [0.15, 0.2) is 0 Å². The number of amides is 1. The van der Waals surface area contributed by atoms with E-state index in [-0.39, 0.29) is 11.9 Å². The second-order valence-electron chi connectivity index (χ2n) is 4.80. The van der Waals surface area contributed by atoms with E-state index in [2.05, 4.69) is 15.9 Å². The Labute approximate surface area is 116 Å². The highest BCUT2D eigenvalue weighted by Crippen LogP contribution is 2.30. The van der Waals surface area contributed by atoms with E-state index in [1.165, 1.54) is 0 Å². The van der Waals surface area contributed by atoms with Crippen molar-refractivity contribution in [1.82, 2.24) is 4.90 Å². The lowest BCUT2D eigenvalue weighted by molar-refractivity contribution is -0.133. The van der Waals surface area contributed by atoms with Crippen LogP contribution in [0.5, 0.6) is 0 Å². The van der Waals surface area contributed by atoms with Gasteiger partial charge in [-0.2, -0.15) is 0 Å². The number of nitrogens with two attached hydrogens (primary N) is 1. The summed E-state index contributed by atoms with van der Waals surface area (Å²) in [6.07, 6.45) is 2.90.